The maximum atomic E-state index is 12.4. The van der Waals surface area contributed by atoms with E-state index in [9.17, 15) is 9.90 Å². The monoisotopic (exact) mass is 280 g/mol. The van der Waals surface area contributed by atoms with Gasteiger partial charge in [-0.15, -0.1) is 6.58 Å². The van der Waals surface area contributed by atoms with Gasteiger partial charge in [0.25, 0.3) is 0 Å². The average molecular weight is 280 g/mol. The van der Waals surface area contributed by atoms with Crippen LogP contribution in [0.15, 0.2) is 24.3 Å². The van der Waals surface area contributed by atoms with Crippen LogP contribution in [0.2, 0.25) is 0 Å². The number of diazo groups is 1. The standard InChI is InChI=1S/C14H21N3O3/c1-3-10-17(11-8-6-5-7-9-11)13(18)12(16-15)14(19)20-4-2/h3,11H,1,4-10H2,2H3/p+1. The first kappa shape index (κ1) is 16.0. The Morgan fingerprint density at radius 1 is 1.50 bits per heavy atom. The lowest BCUT2D eigenvalue weighted by molar-refractivity contribution is -0.129. The van der Waals surface area contributed by atoms with E-state index < -0.39 is 17.5 Å². The minimum absolute atomic E-state index is 0.0837. The number of carbonyl (C=O) groups is 1. The lowest BCUT2D eigenvalue weighted by atomic mass is 9.94. The van der Waals surface area contributed by atoms with Gasteiger partial charge < -0.3 is 14.7 Å². The molecular formula is C14H22N3O3+. The van der Waals surface area contributed by atoms with Gasteiger partial charge in [-0.1, -0.05) is 25.3 Å². The van der Waals surface area contributed by atoms with Crippen LogP contribution in [0.5, 0.6) is 0 Å². The Hall–Kier alpha value is -2.03. The Bertz CT molecular complexity index is 420. The highest BCUT2D eigenvalue weighted by molar-refractivity contribution is 5.95. The molecule has 0 aromatic heterocycles. The summed E-state index contributed by atoms with van der Waals surface area (Å²) in [5.41, 5.74) is -0.459. The summed E-state index contributed by atoms with van der Waals surface area (Å²) in [5, 5.41) is 18.6. The molecule has 0 atom stereocenters. The fourth-order valence-corrected chi connectivity index (χ4v) is 2.45. The van der Waals surface area contributed by atoms with Crippen molar-refractivity contribution in [2.24, 2.45) is 0 Å². The van der Waals surface area contributed by atoms with Gasteiger partial charge in [0.2, 0.25) is 5.39 Å². The van der Waals surface area contributed by atoms with E-state index >= 15 is 0 Å². The molecule has 0 aromatic carbocycles. The summed E-state index contributed by atoms with van der Waals surface area (Å²) in [6.07, 6.45) is 6.75. The predicted molar refractivity (Wildman–Crippen MR) is 75.1 cm³/mol. The highest BCUT2D eigenvalue weighted by Gasteiger charge is 2.38. The van der Waals surface area contributed by atoms with Gasteiger partial charge in [-0.05, 0) is 19.8 Å². The largest absolute Gasteiger partial charge is 0.527 e. The van der Waals surface area contributed by atoms with Crippen molar-refractivity contribution in [1.29, 1.82) is 5.39 Å². The summed E-state index contributed by atoms with van der Waals surface area (Å²) in [4.78, 5) is 16.9. The molecule has 0 aromatic rings. The molecule has 1 rings (SSSR count). The smallest absolute Gasteiger partial charge is 0.475 e. The molecule has 1 amide bonds. The quantitative estimate of drug-likeness (QED) is 0.351. The number of aliphatic hydroxyl groups is 1. The van der Waals surface area contributed by atoms with Crippen LogP contribution in [-0.4, -0.2) is 35.1 Å². The molecular weight excluding hydrogens is 258 g/mol. The van der Waals surface area contributed by atoms with Gasteiger partial charge >= 0.3 is 17.5 Å². The molecule has 1 fully saturated rings. The fourth-order valence-electron chi connectivity index (χ4n) is 2.45. The molecule has 0 saturated heterocycles. The topological polar surface area (TPSA) is 77.9 Å². The Labute approximate surface area is 119 Å². The minimum Gasteiger partial charge on any atom is -0.475 e. The van der Waals surface area contributed by atoms with E-state index in [1.807, 2.05) is 0 Å². The van der Waals surface area contributed by atoms with Crippen molar-refractivity contribution in [2.75, 3.05) is 13.2 Å². The molecule has 6 heteroatoms. The zero-order valence-corrected chi connectivity index (χ0v) is 11.9. The van der Waals surface area contributed by atoms with Gasteiger partial charge in [0.05, 0.1) is 6.61 Å². The van der Waals surface area contributed by atoms with Crippen molar-refractivity contribution in [3.8, 4) is 0 Å². The summed E-state index contributed by atoms with van der Waals surface area (Å²) >= 11 is 0. The molecule has 20 heavy (non-hydrogen) atoms. The van der Waals surface area contributed by atoms with Crippen molar-refractivity contribution in [1.82, 2.24) is 4.90 Å². The lowest BCUT2D eigenvalue weighted by Crippen LogP contribution is -2.42. The molecule has 6 nitrogen and oxygen atoms in total. The first-order valence-corrected chi connectivity index (χ1v) is 6.98. The van der Waals surface area contributed by atoms with Gasteiger partial charge in [0.15, 0.2) is 4.98 Å². The van der Waals surface area contributed by atoms with Crippen LogP contribution in [0.4, 0.5) is 0 Å². The molecule has 1 saturated carbocycles. The summed E-state index contributed by atoms with van der Waals surface area (Å²) in [7, 11) is 0. The van der Waals surface area contributed by atoms with Crippen LogP contribution in [0, 0.1) is 5.39 Å². The van der Waals surface area contributed by atoms with Gasteiger partial charge in [-0.2, -0.15) is 0 Å². The van der Waals surface area contributed by atoms with E-state index in [1.165, 1.54) is 6.42 Å². The van der Waals surface area contributed by atoms with E-state index in [4.69, 9.17) is 10.1 Å². The van der Waals surface area contributed by atoms with Crippen molar-refractivity contribution >= 4 is 5.91 Å². The number of rotatable bonds is 6. The Morgan fingerprint density at radius 3 is 2.65 bits per heavy atom. The van der Waals surface area contributed by atoms with Crippen LogP contribution in [-0.2, 0) is 9.53 Å². The number of hydrogen-bond donors (Lipinski definition) is 1. The Morgan fingerprint density at radius 2 is 2.15 bits per heavy atom. The summed E-state index contributed by atoms with van der Waals surface area (Å²) < 4.78 is 4.84. The number of amides is 1. The molecule has 110 valence electrons. The van der Waals surface area contributed by atoms with Crippen LogP contribution in [0.1, 0.15) is 39.0 Å². The first-order valence-electron chi connectivity index (χ1n) is 6.98. The summed E-state index contributed by atoms with van der Waals surface area (Å²) in [6.45, 7) is 5.84. The number of ether oxygens (including phenoxy) is 1. The van der Waals surface area contributed by atoms with Crippen molar-refractivity contribution in [2.45, 2.75) is 45.1 Å². The summed E-state index contributed by atoms with van der Waals surface area (Å²) in [5.74, 6) is -1.19. The maximum absolute atomic E-state index is 12.4. The number of aliphatic hydroxyl groups excluding tert-OH is 1. The molecule has 1 aliphatic carbocycles. The molecule has 1 aliphatic rings. The second-order valence-corrected chi connectivity index (χ2v) is 4.72. The maximum Gasteiger partial charge on any atom is 0.527 e. The minimum atomic E-state index is -0.648. The van der Waals surface area contributed by atoms with Crippen LogP contribution < -0.4 is 0 Å². The van der Waals surface area contributed by atoms with Crippen LogP contribution in [0.3, 0.4) is 0 Å². The Kier molecular flexibility index (Phi) is 6.57. The van der Waals surface area contributed by atoms with E-state index in [2.05, 4.69) is 11.6 Å². The fraction of sp³-hybridized carbons (Fsp3) is 0.643. The molecule has 0 unspecified atom stereocenters. The molecule has 1 N–H and O–H groups in total. The van der Waals surface area contributed by atoms with Crippen molar-refractivity contribution < 1.29 is 14.6 Å². The first-order chi connectivity index (χ1) is 9.65. The lowest BCUT2D eigenvalue weighted by Gasteiger charge is -2.31. The average Bonchev–Trinajstić information content (AvgIpc) is 2.46. The number of hydrogen-bond acceptors (Lipinski definition) is 4. The van der Waals surface area contributed by atoms with E-state index in [0.717, 1.165) is 25.7 Å². The molecule has 0 radical (unpaired) electrons. The SMILES string of the molecule is C=CCN(C(=O)/C([N+]#N)=C(\O)OCC)C1CCCCC1. The Balaban J connectivity index is 2.94. The molecule has 0 aliphatic heterocycles. The van der Waals surface area contributed by atoms with Crippen molar-refractivity contribution in [3.63, 3.8) is 0 Å². The van der Waals surface area contributed by atoms with E-state index in [-0.39, 0.29) is 12.6 Å². The van der Waals surface area contributed by atoms with Crippen molar-refractivity contribution in [3.05, 3.63) is 29.3 Å². The zero-order chi connectivity index (χ0) is 15.0. The highest BCUT2D eigenvalue weighted by atomic mass is 16.6. The molecule has 0 spiro atoms. The third-order valence-electron chi connectivity index (χ3n) is 3.39. The van der Waals surface area contributed by atoms with E-state index in [0.29, 0.717) is 6.54 Å². The van der Waals surface area contributed by atoms with E-state index in [1.54, 1.807) is 17.9 Å². The van der Waals surface area contributed by atoms with Crippen LogP contribution in [0.25, 0.3) is 4.98 Å². The normalized spacial score (nSPS) is 16.8. The second-order valence-electron chi connectivity index (χ2n) is 4.72. The molecule has 0 heterocycles. The van der Waals surface area contributed by atoms with Gasteiger partial charge in [-0.3, -0.25) is 4.79 Å². The third kappa shape index (κ3) is 3.98. The molecule has 0 bridgehead atoms. The second kappa shape index (κ2) is 8.20. The number of carbonyl (C=O) groups excluding carboxylic acids is 1. The third-order valence-corrected chi connectivity index (χ3v) is 3.39. The zero-order valence-electron chi connectivity index (χ0n) is 11.9. The van der Waals surface area contributed by atoms with Gasteiger partial charge in [-0.25, -0.2) is 0 Å². The highest BCUT2D eigenvalue weighted by Crippen LogP contribution is 2.24. The summed E-state index contributed by atoms with van der Waals surface area (Å²) in [6, 6.07) is 0.0837. The van der Waals surface area contributed by atoms with Crippen LogP contribution >= 0.6 is 0 Å². The van der Waals surface area contributed by atoms with Gasteiger partial charge in [0.1, 0.15) is 0 Å². The predicted octanol–water partition coefficient (Wildman–Crippen LogP) is 2.95. The number of nitrogens with zero attached hydrogens (tertiary/aromatic N) is 3. The van der Waals surface area contributed by atoms with Gasteiger partial charge in [0, 0.05) is 12.6 Å².